The first-order chi connectivity index (χ1) is 36.0. The van der Waals surface area contributed by atoms with Crippen molar-refractivity contribution in [2.24, 2.45) is 0 Å². The third-order valence-corrected chi connectivity index (χ3v) is 20.1. The van der Waals surface area contributed by atoms with Gasteiger partial charge in [-0.05, 0) is 152 Å². The van der Waals surface area contributed by atoms with Crippen molar-refractivity contribution in [3.63, 3.8) is 0 Å². The Hall–Kier alpha value is -6.60. The molecule has 0 saturated heterocycles. The minimum Gasteiger partial charge on any atom is -0.455 e. The summed E-state index contributed by atoms with van der Waals surface area (Å²) < 4.78 is 12.7. The molecule has 6 heteroatoms. The molecule has 0 spiro atoms. The number of nitrogens with zero attached hydrogens (tertiary/aromatic N) is 2. The van der Waals surface area contributed by atoms with Gasteiger partial charge in [-0.2, -0.15) is 0 Å². The van der Waals surface area contributed by atoms with Crippen LogP contribution in [0, 0.1) is 0 Å². The Morgan fingerprint density at radius 2 is 1.11 bits per heavy atom. The van der Waals surface area contributed by atoms with Gasteiger partial charge in [-0.3, -0.25) is 0 Å². The quantitative estimate of drug-likeness (QED) is 0.164. The summed E-state index contributed by atoms with van der Waals surface area (Å²) >= 11 is 3.93. The van der Waals surface area contributed by atoms with Crippen molar-refractivity contribution < 1.29 is 4.42 Å². The lowest BCUT2D eigenvalue weighted by Gasteiger charge is -2.45. The molecular formula is C70H67BN2OS2. The van der Waals surface area contributed by atoms with Gasteiger partial charge in [0.15, 0.2) is 0 Å². The van der Waals surface area contributed by atoms with Crippen molar-refractivity contribution in [1.29, 1.82) is 0 Å². The Balaban J connectivity index is 1.17. The van der Waals surface area contributed by atoms with Gasteiger partial charge in [0.05, 0.1) is 11.4 Å². The summed E-state index contributed by atoms with van der Waals surface area (Å²) in [5, 5.41) is 6.24. The van der Waals surface area contributed by atoms with Crippen molar-refractivity contribution >= 4 is 120 Å². The van der Waals surface area contributed by atoms with Crippen molar-refractivity contribution in [1.82, 2.24) is 0 Å². The number of fused-ring (bicyclic) bond motifs is 14. The predicted molar refractivity (Wildman–Crippen MR) is 333 cm³/mol. The van der Waals surface area contributed by atoms with Crippen LogP contribution in [0.1, 0.15) is 131 Å². The van der Waals surface area contributed by atoms with E-state index >= 15 is 0 Å². The van der Waals surface area contributed by atoms with Gasteiger partial charge in [0.1, 0.15) is 11.2 Å². The maximum absolute atomic E-state index is 7.34. The van der Waals surface area contributed by atoms with E-state index in [0.717, 1.165) is 21.9 Å². The first-order valence-electron chi connectivity index (χ1n) is 27.6. The zero-order chi connectivity index (χ0) is 52.7. The van der Waals surface area contributed by atoms with Gasteiger partial charge < -0.3 is 14.1 Å². The predicted octanol–water partition coefficient (Wildman–Crippen LogP) is 19.8. The highest BCUT2D eigenvalue weighted by Crippen LogP contribution is 2.57. The molecule has 11 aromatic rings. The number of hydrogen-bond donors (Lipinski definition) is 0. The summed E-state index contributed by atoms with van der Waals surface area (Å²) in [5.41, 5.74) is 21.1. The fourth-order valence-electron chi connectivity index (χ4n) is 13.2. The van der Waals surface area contributed by atoms with Gasteiger partial charge in [-0.25, -0.2) is 0 Å². The average molecular weight is 1030 g/mol. The van der Waals surface area contributed by atoms with Crippen LogP contribution in [-0.4, -0.2) is 6.85 Å². The van der Waals surface area contributed by atoms with Crippen LogP contribution in [0.15, 0.2) is 150 Å². The van der Waals surface area contributed by atoms with E-state index in [0.29, 0.717) is 0 Å². The molecule has 0 amide bonds. The van der Waals surface area contributed by atoms with Crippen LogP contribution in [0.4, 0.5) is 28.4 Å². The molecule has 8 aromatic carbocycles. The van der Waals surface area contributed by atoms with Crippen LogP contribution >= 0.6 is 22.7 Å². The van der Waals surface area contributed by atoms with Gasteiger partial charge in [-0.15, -0.1) is 22.7 Å². The number of hydrogen-bond acceptors (Lipinski definition) is 5. The second-order valence-corrected chi connectivity index (χ2v) is 29.0. The molecule has 0 N–H and O–H groups in total. The number of anilines is 5. The van der Waals surface area contributed by atoms with E-state index in [1.807, 2.05) is 22.7 Å². The van der Waals surface area contributed by atoms with Gasteiger partial charge in [-0.1, -0.05) is 163 Å². The summed E-state index contributed by atoms with van der Waals surface area (Å²) in [5.74, 6) is 0. The Bertz CT molecular complexity index is 4240. The van der Waals surface area contributed by atoms with Crippen molar-refractivity contribution in [3.8, 4) is 22.3 Å². The second-order valence-electron chi connectivity index (χ2n) is 26.8. The molecule has 0 saturated carbocycles. The number of furan rings is 1. The first kappa shape index (κ1) is 47.8. The van der Waals surface area contributed by atoms with Gasteiger partial charge in [0.2, 0.25) is 0 Å². The van der Waals surface area contributed by atoms with Gasteiger partial charge >= 0.3 is 6.85 Å². The SMILES string of the molecule is CC(C)(C)c1ccc(N2B3c4sc5ccc(C(C)(C)C)cc5c4N(c4ccc(C(C)(C)C)cc4-c4ccccc4)c4cc5c(oc6ccccc65)c(c43)-c3cc4c(cc32)sc2cc3c(cc24)C(C)(C)CCC3(C)C)cc1. The Morgan fingerprint density at radius 1 is 0.487 bits per heavy atom. The molecule has 0 atom stereocenters. The van der Waals surface area contributed by atoms with E-state index in [9.17, 15) is 0 Å². The molecule has 0 radical (unpaired) electrons. The molecule has 76 heavy (non-hydrogen) atoms. The molecule has 3 nitrogen and oxygen atoms in total. The zero-order valence-corrected chi connectivity index (χ0v) is 48.1. The molecule has 1 aliphatic carbocycles. The average Bonchev–Trinajstić information content (AvgIpc) is 4.17. The Morgan fingerprint density at radius 3 is 1.82 bits per heavy atom. The van der Waals surface area contributed by atoms with Crippen molar-refractivity contribution in [2.45, 2.75) is 130 Å². The highest BCUT2D eigenvalue weighted by atomic mass is 32.1. The topological polar surface area (TPSA) is 19.6 Å². The van der Waals surface area contributed by atoms with E-state index in [1.165, 1.54) is 132 Å². The van der Waals surface area contributed by atoms with E-state index < -0.39 is 0 Å². The van der Waals surface area contributed by atoms with Crippen LogP contribution in [0.5, 0.6) is 0 Å². The summed E-state index contributed by atoms with van der Waals surface area (Å²) in [7, 11) is 0. The number of para-hydroxylation sites is 1. The number of thiophene rings is 2. The van der Waals surface area contributed by atoms with E-state index in [2.05, 4.69) is 245 Å². The van der Waals surface area contributed by atoms with Crippen molar-refractivity contribution in [2.75, 3.05) is 9.71 Å². The molecule has 5 heterocycles. The summed E-state index contributed by atoms with van der Waals surface area (Å²) in [6.45, 7) is 30.6. The van der Waals surface area contributed by atoms with Crippen LogP contribution in [0.3, 0.4) is 0 Å². The molecule has 378 valence electrons. The van der Waals surface area contributed by atoms with Gasteiger partial charge in [0.25, 0.3) is 0 Å². The van der Waals surface area contributed by atoms with Crippen LogP contribution in [-0.2, 0) is 27.1 Å². The minimum atomic E-state index is -0.174. The summed E-state index contributed by atoms with van der Waals surface area (Å²) in [6.07, 6.45) is 2.37. The Kier molecular flexibility index (Phi) is 10.1. The summed E-state index contributed by atoms with van der Waals surface area (Å²) in [4.78, 5) is 5.41. The second kappa shape index (κ2) is 16.0. The summed E-state index contributed by atoms with van der Waals surface area (Å²) in [6, 6.07) is 56.7. The fourth-order valence-corrected chi connectivity index (χ4v) is 15.6. The third kappa shape index (κ3) is 7.04. The maximum Gasteiger partial charge on any atom is 0.343 e. The smallest absolute Gasteiger partial charge is 0.343 e. The van der Waals surface area contributed by atoms with Crippen LogP contribution in [0.2, 0.25) is 0 Å². The van der Waals surface area contributed by atoms with Crippen LogP contribution < -0.4 is 20.0 Å². The molecular weight excluding hydrogens is 960 g/mol. The van der Waals surface area contributed by atoms with Gasteiger partial charge in [0, 0.05) is 79.6 Å². The fraction of sp³-hybridized carbons (Fsp3) is 0.286. The normalized spacial score (nSPS) is 16.0. The van der Waals surface area contributed by atoms with Crippen molar-refractivity contribution in [3.05, 3.63) is 173 Å². The minimum absolute atomic E-state index is 0.00425. The molecule has 2 aliphatic heterocycles. The van der Waals surface area contributed by atoms with E-state index in [1.54, 1.807) is 0 Å². The lowest BCUT2D eigenvalue weighted by atomic mass is 9.46. The van der Waals surface area contributed by atoms with E-state index in [4.69, 9.17) is 4.42 Å². The van der Waals surface area contributed by atoms with E-state index in [-0.39, 0.29) is 33.9 Å². The lowest BCUT2D eigenvalue weighted by Crippen LogP contribution is -2.60. The first-order valence-corrected chi connectivity index (χ1v) is 29.2. The molecule has 0 unspecified atom stereocenters. The molecule has 0 fully saturated rings. The highest BCUT2D eigenvalue weighted by molar-refractivity contribution is 7.32. The standard InChI is InChI=1S/C70H67BN2OS2/c1-66(2,3)41-23-27-44(28-24-41)73-55-39-60-47(48-36-52-53(38-59(48)75-60)70(12,13)32-31-69(52,10)11)35-50(55)61-62-56(37-49-45-21-17-18-22-57(45)74-64(49)61)72(54-29-25-42(67(4,5)6)33-46(54)40-19-15-14-16-20-40)63-51-34-43(68(7,8)9)26-30-58(51)76-65(63)71(62)73/h14-30,33-39H,31-32H2,1-13H3. The number of rotatable bonds is 3. The molecule has 3 aromatic heterocycles. The maximum atomic E-state index is 7.34. The number of benzene rings is 8. The zero-order valence-electron chi connectivity index (χ0n) is 46.5. The molecule has 14 rings (SSSR count). The lowest BCUT2D eigenvalue weighted by molar-refractivity contribution is 0.332. The van der Waals surface area contributed by atoms with Crippen LogP contribution in [0.25, 0.3) is 74.5 Å². The monoisotopic (exact) mass is 1030 g/mol. The molecule has 3 aliphatic rings. The molecule has 0 bridgehead atoms. The third-order valence-electron chi connectivity index (χ3n) is 17.8. The highest BCUT2D eigenvalue weighted by Gasteiger charge is 2.49. The largest absolute Gasteiger partial charge is 0.455 e. The Labute approximate surface area is 457 Å².